The van der Waals surface area contributed by atoms with Crippen molar-refractivity contribution in [1.29, 1.82) is 0 Å². The first kappa shape index (κ1) is 60.8. The molecular formula is C59H100O5. The SMILES string of the molecule is CC/C=C\C/C=C\C/C=C\C/C=C\CCCCCCCOCC(COC(=O)CCCCCCC/C=C\C/C=C\C/C=C\CC)OC(=O)CCCCCCC/C=C\CCCCCCCC. The van der Waals surface area contributed by atoms with Crippen molar-refractivity contribution in [3.63, 3.8) is 0 Å². The zero-order valence-electron chi connectivity index (χ0n) is 42.0. The lowest BCUT2D eigenvalue weighted by Gasteiger charge is -2.18. The molecule has 0 aliphatic rings. The van der Waals surface area contributed by atoms with Crippen LogP contribution in [0, 0.1) is 0 Å². The highest BCUT2D eigenvalue weighted by Crippen LogP contribution is 2.13. The highest BCUT2D eigenvalue weighted by Gasteiger charge is 2.17. The summed E-state index contributed by atoms with van der Waals surface area (Å²) in [4.78, 5) is 25.4. The Kier molecular flexibility index (Phi) is 51.5. The van der Waals surface area contributed by atoms with Gasteiger partial charge in [0.25, 0.3) is 0 Å². The summed E-state index contributed by atoms with van der Waals surface area (Å²) < 4.78 is 17.4. The van der Waals surface area contributed by atoms with E-state index in [1.165, 1.54) is 89.9 Å². The minimum atomic E-state index is -0.563. The first-order chi connectivity index (χ1) is 31.6. The van der Waals surface area contributed by atoms with Gasteiger partial charge in [-0.2, -0.15) is 0 Å². The van der Waals surface area contributed by atoms with Crippen molar-refractivity contribution in [1.82, 2.24) is 0 Å². The van der Waals surface area contributed by atoms with E-state index in [-0.39, 0.29) is 25.2 Å². The van der Waals surface area contributed by atoms with Gasteiger partial charge < -0.3 is 14.2 Å². The quantitative estimate of drug-likeness (QED) is 0.0346. The third-order valence-electron chi connectivity index (χ3n) is 11.1. The van der Waals surface area contributed by atoms with Crippen LogP contribution in [0.25, 0.3) is 0 Å². The first-order valence-electron chi connectivity index (χ1n) is 26.8. The molecule has 0 aromatic carbocycles. The van der Waals surface area contributed by atoms with E-state index in [2.05, 4.69) is 118 Å². The smallest absolute Gasteiger partial charge is 0.306 e. The number of esters is 2. The average Bonchev–Trinajstić information content (AvgIpc) is 3.30. The second kappa shape index (κ2) is 54.2. The van der Waals surface area contributed by atoms with Crippen LogP contribution in [0.1, 0.15) is 239 Å². The first-order valence-corrected chi connectivity index (χ1v) is 26.8. The molecule has 64 heavy (non-hydrogen) atoms. The van der Waals surface area contributed by atoms with Crippen molar-refractivity contribution >= 4 is 11.9 Å². The molecular weight excluding hydrogens is 789 g/mol. The normalized spacial score (nSPS) is 13.0. The molecule has 0 fully saturated rings. The molecule has 1 unspecified atom stereocenters. The molecule has 0 amide bonds. The monoisotopic (exact) mass is 889 g/mol. The number of unbranched alkanes of at least 4 members (excludes halogenated alkanes) is 21. The van der Waals surface area contributed by atoms with Crippen molar-refractivity contribution in [2.75, 3.05) is 19.8 Å². The van der Waals surface area contributed by atoms with E-state index in [4.69, 9.17) is 14.2 Å². The molecule has 0 radical (unpaired) electrons. The third kappa shape index (κ3) is 51.5. The molecule has 0 aliphatic heterocycles. The summed E-state index contributed by atoms with van der Waals surface area (Å²) >= 11 is 0. The fraction of sp³-hybridized carbons (Fsp3) is 0.695. The Morgan fingerprint density at radius 1 is 0.359 bits per heavy atom. The predicted octanol–water partition coefficient (Wildman–Crippen LogP) is 18.2. The van der Waals surface area contributed by atoms with Crippen LogP contribution < -0.4 is 0 Å². The minimum Gasteiger partial charge on any atom is -0.462 e. The maximum Gasteiger partial charge on any atom is 0.306 e. The average molecular weight is 889 g/mol. The van der Waals surface area contributed by atoms with Crippen molar-refractivity contribution in [2.24, 2.45) is 0 Å². The summed E-state index contributed by atoms with van der Waals surface area (Å²) in [5.41, 5.74) is 0. The van der Waals surface area contributed by atoms with Crippen LogP contribution in [-0.2, 0) is 23.8 Å². The maximum atomic E-state index is 12.8. The number of hydrogen-bond acceptors (Lipinski definition) is 5. The van der Waals surface area contributed by atoms with E-state index >= 15 is 0 Å². The van der Waals surface area contributed by atoms with E-state index in [9.17, 15) is 9.59 Å². The zero-order chi connectivity index (χ0) is 46.3. The van der Waals surface area contributed by atoms with Gasteiger partial charge in [-0.15, -0.1) is 0 Å². The van der Waals surface area contributed by atoms with Gasteiger partial charge in [0.1, 0.15) is 6.61 Å². The Labute approximate surface area is 396 Å². The maximum absolute atomic E-state index is 12.8. The number of allylic oxidation sites excluding steroid dienone is 16. The highest BCUT2D eigenvalue weighted by molar-refractivity contribution is 5.70. The molecule has 0 aromatic heterocycles. The lowest BCUT2D eigenvalue weighted by Crippen LogP contribution is -2.30. The second-order valence-electron chi connectivity index (χ2n) is 17.4. The third-order valence-corrected chi connectivity index (χ3v) is 11.1. The summed E-state index contributed by atoms with van der Waals surface area (Å²) in [6.07, 6.45) is 72.7. The molecule has 0 spiro atoms. The molecule has 366 valence electrons. The fourth-order valence-electron chi connectivity index (χ4n) is 7.16. The minimum absolute atomic E-state index is 0.0607. The molecule has 0 N–H and O–H groups in total. The Morgan fingerprint density at radius 3 is 1.14 bits per heavy atom. The molecule has 1 atom stereocenters. The lowest BCUT2D eigenvalue weighted by molar-refractivity contribution is -0.163. The van der Waals surface area contributed by atoms with E-state index in [1.807, 2.05) is 0 Å². The van der Waals surface area contributed by atoms with Crippen molar-refractivity contribution in [3.8, 4) is 0 Å². The van der Waals surface area contributed by atoms with Crippen LogP contribution in [0.4, 0.5) is 0 Å². The number of carbonyl (C=O) groups is 2. The number of rotatable bonds is 48. The molecule has 0 bridgehead atoms. The van der Waals surface area contributed by atoms with Gasteiger partial charge >= 0.3 is 11.9 Å². The predicted molar refractivity (Wildman–Crippen MR) is 279 cm³/mol. The Balaban J connectivity index is 4.36. The zero-order valence-corrected chi connectivity index (χ0v) is 42.0. The van der Waals surface area contributed by atoms with E-state index < -0.39 is 6.10 Å². The van der Waals surface area contributed by atoms with E-state index in [0.717, 1.165) is 116 Å². The van der Waals surface area contributed by atoms with Crippen LogP contribution in [-0.4, -0.2) is 37.9 Å². The van der Waals surface area contributed by atoms with Gasteiger partial charge in [-0.05, 0) is 116 Å². The molecule has 0 heterocycles. The van der Waals surface area contributed by atoms with Gasteiger partial charge in [0, 0.05) is 19.4 Å². The summed E-state index contributed by atoms with van der Waals surface area (Å²) in [7, 11) is 0. The standard InChI is InChI=1S/C59H100O5/c1-4-7-10-13-16-19-22-25-28-29-30-33-36-39-42-45-48-51-54-62-55-57(64-59(61)53-50-47-44-41-38-35-32-27-24-21-18-15-12-9-6-3)56-63-58(60)52-49-46-43-40-37-34-31-26-23-20-17-14-11-8-5-2/h7-8,10-11,16-17,19-20,25-28,30-33,57H,4-6,9,12-15,18,21-24,29,34-56H2,1-3H3/b10-7-,11-8-,19-16-,20-17-,28-25-,31-26-,32-27-,33-30-. The van der Waals surface area contributed by atoms with Gasteiger partial charge in [0.05, 0.1) is 6.61 Å². The molecule has 0 saturated carbocycles. The fourth-order valence-corrected chi connectivity index (χ4v) is 7.16. The number of hydrogen-bond donors (Lipinski definition) is 0. The highest BCUT2D eigenvalue weighted by atomic mass is 16.6. The van der Waals surface area contributed by atoms with Crippen LogP contribution in [0.3, 0.4) is 0 Å². The van der Waals surface area contributed by atoms with E-state index in [0.29, 0.717) is 19.4 Å². The molecule has 0 rings (SSSR count). The van der Waals surface area contributed by atoms with Gasteiger partial charge in [0.2, 0.25) is 0 Å². The largest absolute Gasteiger partial charge is 0.462 e. The summed E-state index contributed by atoms with van der Waals surface area (Å²) in [6, 6.07) is 0. The molecule has 5 nitrogen and oxygen atoms in total. The van der Waals surface area contributed by atoms with Crippen LogP contribution in [0.5, 0.6) is 0 Å². The topological polar surface area (TPSA) is 61.8 Å². The summed E-state index contributed by atoms with van der Waals surface area (Å²) in [5, 5.41) is 0. The van der Waals surface area contributed by atoms with Crippen LogP contribution in [0.2, 0.25) is 0 Å². The lowest BCUT2D eigenvalue weighted by atomic mass is 10.1. The van der Waals surface area contributed by atoms with Crippen molar-refractivity contribution in [3.05, 3.63) is 97.2 Å². The van der Waals surface area contributed by atoms with Crippen LogP contribution >= 0.6 is 0 Å². The van der Waals surface area contributed by atoms with Gasteiger partial charge in [0.15, 0.2) is 6.10 Å². The summed E-state index contributed by atoms with van der Waals surface area (Å²) in [6.45, 7) is 7.53. The Bertz CT molecular complexity index is 1230. The molecule has 0 aromatic rings. The Morgan fingerprint density at radius 2 is 0.703 bits per heavy atom. The number of carbonyl (C=O) groups excluding carboxylic acids is 2. The van der Waals surface area contributed by atoms with Crippen LogP contribution in [0.15, 0.2) is 97.2 Å². The second-order valence-corrected chi connectivity index (χ2v) is 17.4. The summed E-state index contributed by atoms with van der Waals surface area (Å²) in [5.74, 6) is -0.438. The van der Waals surface area contributed by atoms with Gasteiger partial charge in [-0.1, -0.05) is 208 Å². The molecule has 5 heteroatoms. The molecule has 0 aliphatic carbocycles. The van der Waals surface area contributed by atoms with Gasteiger partial charge in [-0.3, -0.25) is 9.59 Å². The number of ether oxygens (including phenoxy) is 3. The van der Waals surface area contributed by atoms with Crippen molar-refractivity contribution < 1.29 is 23.8 Å². The molecule has 0 saturated heterocycles. The van der Waals surface area contributed by atoms with Crippen molar-refractivity contribution in [2.45, 2.75) is 245 Å². The Hall–Kier alpha value is -3.18. The van der Waals surface area contributed by atoms with Gasteiger partial charge in [-0.25, -0.2) is 0 Å². The van der Waals surface area contributed by atoms with E-state index in [1.54, 1.807) is 0 Å².